The number of fused-ring (bicyclic) bond motifs is 1. The van der Waals surface area contributed by atoms with E-state index in [0.717, 1.165) is 0 Å². The summed E-state index contributed by atoms with van der Waals surface area (Å²) in [6.45, 7) is 0.0807. The maximum absolute atomic E-state index is 12.4. The van der Waals surface area contributed by atoms with Crippen molar-refractivity contribution < 1.29 is 17.9 Å². The standard InChI is InChI=1S/C17H17ClN2O4S/c1-20-14-4-2-3-5-15(14)24-16(17(20)21)10-11-19-25(22,23)13-8-6-12(18)7-9-13/h2-9,16,19H,10-11H2,1H3. The second-order valence-electron chi connectivity index (χ2n) is 5.61. The van der Waals surface area contributed by atoms with Gasteiger partial charge in [-0.2, -0.15) is 0 Å². The molecule has 0 saturated carbocycles. The van der Waals surface area contributed by atoms with E-state index in [4.69, 9.17) is 16.3 Å². The van der Waals surface area contributed by atoms with Crippen molar-refractivity contribution in [1.29, 1.82) is 0 Å². The van der Waals surface area contributed by atoms with Crippen LogP contribution in [0.25, 0.3) is 0 Å². The molecule has 3 rings (SSSR count). The van der Waals surface area contributed by atoms with Crippen molar-refractivity contribution in [3.63, 3.8) is 0 Å². The molecule has 1 N–H and O–H groups in total. The summed E-state index contributed by atoms with van der Waals surface area (Å²) in [5, 5.41) is 0.460. The Morgan fingerprint density at radius 3 is 2.56 bits per heavy atom. The number of benzene rings is 2. The van der Waals surface area contributed by atoms with Crippen LogP contribution in [0, 0.1) is 0 Å². The second kappa shape index (κ2) is 7.03. The van der Waals surface area contributed by atoms with Gasteiger partial charge in [-0.3, -0.25) is 4.79 Å². The number of amides is 1. The average Bonchev–Trinajstić information content (AvgIpc) is 2.59. The number of carbonyl (C=O) groups is 1. The lowest BCUT2D eigenvalue weighted by atomic mass is 10.1. The highest BCUT2D eigenvalue weighted by atomic mass is 35.5. The summed E-state index contributed by atoms with van der Waals surface area (Å²) in [7, 11) is -1.98. The molecule has 1 aliphatic heterocycles. The highest BCUT2D eigenvalue weighted by Crippen LogP contribution is 2.33. The number of rotatable bonds is 5. The molecule has 0 spiro atoms. The fraction of sp³-hybridized carbons (Fsp3) is 0.235. The van der Waals surface area contributed by atoms with Crippen molar-refractivity contribution in [3.05, 3.63) is 53.6 Å². The molecular formula is C17H17ClN2O4S. The third-order valence-electron chi connectivity index (χ3n) is 3.92. The van der Waals surface area contributed by atoms with Gasteiger partial charge in [-0.15, -0.1) is 0 Å². The molecular weight excluding hydrogens is 364 g/mol. The van der Waals surface area contributed by atoms with Gasteiger partial charge in [0.25, 0.3) is 5.91 Å². The summed E-state index contributed by atoms with van der Waals surface area (Å²) in [5.41, 5.74) is 0.700. The molecule has 1 heterocycles. The lowest BCUT2D eigenvalue weighted by Gasteiger charge is -2.31. The van der Waals surface area contributed by atoms with Gasteiger partial charge in [0.1, 0.15) is 5.75 Å². The van der Waals surface area contributed by atoms with Crippen LogP contribution in [0.15, 0.2) is 53.4 Å². The molecule has 2 aromatic carbocycles. The first-order valence-electron chi connectivity index (χ1n) is 7.67. The minimum Gasteiger partial charge on any atom is -0.478 e. The van der Waals surface area contributed by atoms with E-state index in [9.17, 15) is 13.2 Å². The van der Waals surface area contributed by atoms with Crippen LogP contribution in [0.1, 0.15) is 6.42 Å². The van der Waals surface area contributed by atoms with Crippen molar-refractivity contribution in [2.24, 2.45) is 0 Å². The lowest BCUT2D eigenvalue weighted by Crippen LogP contribution is -2.45. The molecule has 1 atom stereocenters. The van der Waals surface area contributed by atoms with E-state index in [1.54, 1.807) is 19.2 Å². The van der Waals surface area contributed by atoms with Crippen molar-refractivity contribution >= 4 is 33.2 Å². The minimum atomic E-state index is -3.66. The molecule has 0 aliphatic carbocycles. The number of sulfonamides is 1. The number of nitrogens with one attached hydrogen (secondary N) is 1. The fourth-order valence-corrected chi connectivity index (χ4v) is 3.75. The van der Waals surface area contributed by atoms with E-state index in [1.807, 2.05) is 12.1 Å². The summed E-state index contributed by atoms with van der Waals surface area (Å²) >= 11 is 5.76. The van der Waals surface area contributed by atoms with Gasteiger partial charge in [0.05, 0.1) is 10.6 Å². The Bertz CT molecular complexity index is 884. The van der Waals surface area contributed by atoms with E-state index >= 15 is 0 Å². The predicted octanol–water partition coefficient (Wildman–Crippen LogP) is 2.43. The topological polar surface area (TPSA) is 75.7 Å². The number of carbonyl (C=O) groups excluding carboxylic acids is 1. The summed E-state index contributed by atoms with van der Waals surface area (Å²) in [4.78, 5) is 14.0. The zero-order valence-corrected chi connectivity index (χ0v) is 15.0. The molecule has 8 heteroatoms. The van der Waals surface area contributed by atoms with Gasteiger partial charge < -0.3 is 9.64 Å². The molecule has 2 aromatic rings. The second-order valence-corrected chi connectivity index (χ2v) is 7.82. The number of halogens is 1. The van der Waals surface area contributed by atoms with Crippen LogP contribution >= 0.6 is 11.6 Å². The summed E-state index contributed by atoms with van der Waals surface area (Å²) < 4.78 is 32.7. The first-order valence-corrected chi connectivity index (χ1v) is 9.53. The molecule has 132 valence electrons. The Hall–Kier alpha value is -2.09. The van der Waals surface area contributed by atoms with Gasteiger partial charge in [-0.1, -0.05) is 23.7 Å². The zero-order chi connectivity index (χ0) is 18.0. The number of likely N-dealkylation sites (N-methyl/N-ethyl adjacent to an activating group) is 1. The van der Waals surface area contributed by atoms with Gasteiger partial charge in [0.2, 0.25) is 10.0 Å². The van der Waals surface area contributed by atoms with Gasteiger partial charge in [0, 0.05) is 25.0 Å². The predicted molar refractivity (Wildman–Crippen MR) is 95.5 cm³/mol. The van der Waals surface area contributed by atoms with Crippen molar-refractivity contribution in [1.82, 2.24) is 4.72 Å². The van der Waals surface area contributed by atoms with Crippen LogP contribution in [0.5, 0.6) is 5.75 Å². The average molecular weight is 381 g/mol. The van der Waals surface area contributed by atoms with Crippen LogP contribution in [0.4, 0.5) is 5.69 Å². The summed E-state index contributed by atoms with van der Waals surface area (Å²) in [5.74, 6) is 0.402. The Kier molecular flexibility index (Phi) is 4.99. The van der Waals surface area contributed by atoms with Crippen LogP contribution < -0.4 is 14.4 Å². The quantitative estimate of drug-likeness (QED) is 0.864. The van der Waals surface area contributed by atoms with Crippen molar-refractivity contribution in [3.8, 4) is 5.75 Å². The smallest absolute Gasteiger partial charge is 0.267 e. The molecule has 25 heavy (non-hydrogen) atoms. The largest absolute Gasteiger partial charge is 0.478 e. The van der Waals surface area contributed by atoms with E-state index < -0.39 is 16.1 Å². The number of anilines is 1. The Balaban J connectivity index is 1.64. The third kappa shape index (κ3) is 3.78. The third-order valence-corrected chi connectivity index (χ3v) is 5.65. The monoisotopic (exact) mass is 380 g/mol. The molecule has 0 bridgehead atoms. The number of ether oxygens (including phenoxy) is 1. The molecule has 0 aromatic heterocycles. The number of hydrogen-bond acceptors (Lipinski definition) is 4. The first-order chi connectivity index (χ1) is 11.9. The molecule has 0 saturated heterocycles. The normalized spacial score (nSPS) is 17.1. The van der Waals surface area contributed by atoms with Crippen molar-refractivity contribution in [2.75, 3.05) is 18.5 Å². The molecule has 1 unspecified atom stereocenters. The molecule has 6 nitrogen and oxygen atoms in total. The highest BCUT2D eigenvalue weighted by Gasteiger charge is 2.31. The van der Waals surface area contributed by atoms with Crippen molar-refractivity contribution in [2.45, 2.75) is 17.4 Å². The lowest BCUT2D eigenvalue weighted by molar-refractivity contribution is -0.126. The van der Waals surface area contributed by atoms with Crippen LogP contribution in [0.3, 0.4) is 0 Å². The number of para-hydroxylation sites is 2. The van der Waals surface area contributed by atoms with E-state index in [0.29, 0.717) is 16.5 Å². The van der Waals surface area contributed by atoms with Crippen LogP contribution in [-0.4, -0.2) is 34.0 Å². The SMILES string of the molecule is CN1C(=O)C(CCNS(=O)(=O)c2ccc(Cl)cc2)Oc2ccccc21. The fourth-order valence-electron chi connectivity index (χ4n) is 2.58. The molecule has 1 amide bonds. The zero-order valence-electron chi connectivity index (χ0n) is 13.5. The van der Waals surface area contributed by atoms with Crippen LogP contribution in [0.2, 0.25) is 5.02 Å². The van der Waals surface area contributed by atoms with Gasteiger partial charge in [0.15, 0.2) is 6.10 Å². The van der Waals surface area contributed by atoms with E-state index in [2.05, 4.69) is 4.72 Å². The van der Waals surface area contributed by atoms with Gasteiger partial charge >= 0.3 is 0 Å². The molecule has 1 aliphatic rings. The Morgan fingerprint density at radius 1 is 1.16 bits per heavy atom. The van der Waals surface area contributed by atoms with E-state index in [1.165, 1.54) is 29.2 Å². The minimum absolute atomic E-state index is 0.0807. The van der Waals surface area contributed by atoms with Gasteiger partial charge in [-0.25, -0.2) is 13.1 Å². The molecule has 0 radical (unpaired) electrons. The van der Waals surface area contributed by atoms with Gasteiger partial charge in [-0.05, 0) is 36.4 Å². The maximum atomic E-state index is 12.4. The number of hydrogen-bond donors (Lipinski definition) is 1. The Morgan fingerprint density at radius 2 is 1.84 bits per heavy atom. The summed E-state index contributed by atoms with van der Waals surface area (Å²) in [6.07, 6.45) is -0.502. The number of nitrogens with zero attached hydrogens (tertiary/aromatic N) is 1. The highest BCUT2D eigenvalue weighted by molar-refractivity contribution is 7.89. The Labute approximate surface area is 151 Å². The molecule has 0 fully saturated rings. The summed E-state index contributed by atoms with van der Waals surface area (Å²) in [6, 6.07) is 13.1. The first kappa shape index (κ1) is 17.7. The maximum Gasteiger partial charge on any atom is 0.267 e. The van der Waals surface area contributed by atoms with E-state index in [-0.39, 0.29) is 23.8 Å². The van der Waals surface area contributed by atoms with Crippen LogP contribution in [-0.2, 0) is 14.8 Å².